The molecule has 142 heavy (non-hydrogen) atoms. The summed E-state index contributed by atoms with van der Waals surface area (Å²) in [4.78, 5) is 287. The molecule has 5 heterocycles. The van der Waals surface area contributed by atoms with E-state index in [1.807, 2.05) is 0 Å². The Morgan fingerprint density at radius 2 is 0.718 bits per heavy atom. The number of rotatable bonds is 46. The van der Waals surface area contributed by atoms with Gasteiger partial charge in [-0.3, -0.25) is 145 Å². The average Bonchev–Trinajstić information content (AvgIpc) is 1.66. The SMILES string of the molecule is C.CC(=O)NCCC(=O)O.CC(=O)[C@H](CCCCN1C(=O)C=CC1=O)CC(=O)CN.CC(=O)[C@H](CCCCN1C(=O)C=CC1=O)CC(=O)CNC(=O)CCN.CC(=O)[C@H](CCCCN1C(=O)C=CC1=O)CC(=O)CNC(=O)CCNC(=O)OC(C)(C)C.O=C(O)C(F)(F)F.O=C(O)C(F)(F)F.O=C(O)CN1CCN(CC(=O)O)CCN(CC(=O)O)CCN(CC(=O)O)CC1.O=C1CC(S(=O)(=O)[O-])C(=O)N1O.[Na+]. The zero-order valence-corrected chi connectivity index (χ0v) is 81.6. The molecule has 2 saturated heterocycles. The van der Waals surface area contributed by atoms with Gasteiger partial charge in [-0.25, -0.2) is 22.8 Å². The molecule has 0 bridgehead atoms. The third-order valence-electron chi connectivity index (χ3n) is 19.0. The molecule has 5 aliphatic heterocycles. The molecule has 798 valence electrons. The predicted octanol–water partition coefficient (Wildman–Crippen LogP) is -4.71. The average molecular weight is 2080 g/mol. The van der Waals surface area contributed by atoms with Gasteiger partial charge in [-0.2, -0.15) is 31.4 Å². The van der Waals surface area contributed by atoms with Crippen LogP contribution in [0.4, 0.5) is 31.1 Å². The van der Waals surface area contributed by atoms with Crippen molar-refractivity contribution in [1.29, 1.82) is 0 Å². The van der Waals surface area contributed by atoms with Gasteiger partial charge in [-0.05, 0) is 80.1 Å². The van der Waals surface area contributed by atoms with Gasteiger partial charge in [-0.15, -0.1) is 0 Å². The van der Waals surface area contributed by atoms with Crippen LogP contribution in [0.1, 0.15) is 159 Å². The van der Waals surface area contributed by atoms with Crippen molar-refractivity contribution < 1.29 is 234 Å². The number of aliphatic carboxylic acids is 7. The van der Waals surface area contributed by atoms with Crippen LogP contribution in [0.3, 0.4) is 0 Å². The number of nitrogens with two attached hydrogens (primary N) is 2. The molecular weight excluding hydrogens is 1950 g/mol. The Labute approximate surface area is 833 Å². The van der Waals surface area contributed by atoms with E-state index < -0.39 is 117 Å². The second kappa shape index (κ2) is 72.3. The molecule has 4 atom stereocenters. The molecule has 59 heteroatoms. The summed E-state index contributed by atoms with van der Waals surface area (Å²) in [6.07, 6.45) is 1.39. The van der Waals surface area contributed by atoms with Crippen molar-refractivity contribution in [3.8, 4) is 0 Å². The van der Waals surface area contributed by atoms with Crippen LogP contribution in [0, 0.1) is 17.8 Å². The minimum Gasteiger partial charge on any atom is -0.747 e. The maximum Gasteiger partial charge on any atom is 1.00 e. The number of alkyl halides is 6. The van der Waals surface area contributed by atoms with E-state index in [1.165, 1.54) is 69.1 Å². The summed E-state index contributed by atoms with van der Waals surface area (Å²) in [6, 6.07) is 0. The van der Waals surface area contributed by atoms with Crippen molar-refractivity contribution in [3.63, 3.8) is 0 Å². The molecule has 1 unspecified atom stereocenters. The van der Waals surface area contributed by atoms with Crippen molar-refractivity contribution in [2.45, 2.75) is 182 Å². The Kier molecular flexibility index (Phi) is 70.4. The molecule has 0 aromatic carbocycles. The monoisotopic (exact) mass is 2080 g/mol. The van der Waals surface area contributed by atoms with E-state index in [4.69, 9.17) is 66.7 Å². The first-order valence-electron chi connectivity index (χ1n) is 42.6. The topological polar surface area (TPSA) is 781 Å². The standard InChI is InChI=1S/C22H33N3O7.C17H25N3O5.C16H28N4O8.C14H20N2O4.C5H9NO3.C4H5NO6S.2C2HF3O2.CH4.Na/c1-15(26)16(7-5-6-12-25-19(29)8-9-20(25)30)13-17(27)14-24-18(28)10-11-23-21(31)32-22(2,3)4;1-12(21)13(10-14(22)11-19-15(23)7-8-18)4-2-3-9-20-16(24)5-6-17(20)25;21-13(22)9-17-1-2-18(10-14(23)24)5-6-20(12-16(27)28)8-7-19(4-3-17)11-15(25)26;1-10(17)11(8-12(18)9-15)4-2-3-7-16-13(19)5-6-14(16)20;1-4(7)6-3-2-5(8)9;6-3-1-2(12(9,10)11)4(7)5(3)8;2*3-2(4,5)1(6)7;;/h8-9,16H,5-7,10-14H2,1-4H3,(H,23,31)(H,24,28);5-6,13H,2-4,7-11,18H2,1H3,(H,19,23);1-12H2,(H,21,22)(H,23,24)(H,25,26)(H,27,28);5-6,11H,2-4,7-9,15H2,1H3;2-3H2,1H3,(H,6,7)(H,8,9);2,8H,1H2,(H,9,10,11);2*(H,6,7);1H4;/q;;;;;;;;;+1/p-1/t16-;13-;;11-;;;;;;/m11.1....../s1. The van der Waals surface area contributed by atoms with E-state index in [1.54, 1.807) is 40.4 Å². The van der Waals surface area contributed by atoms with Gasteiger partial charge in [-0.1, -0.05) is 26.7 Å². The molecule has 51 nitrogen and oxygen atoms in total. The van der Waals surface area contributed by atoms with E-state index in [0.717, 1.165) is 9.80 Å². The zero-order valence-electron chi connectivity index (χ0n) is 78.8. The maximum absolute atomic E-state index is 12.2. The molecule has 12 amide bonds. The number of hydrogen-bond acceptors (Lipinski definition) is 36. The van der Waals surface area contributed by atoms with Gasteiger partial charge in [0.15, 0.2) is 11.6 Å². The maximum atomic E-state index is 12.2. The molecule has 16 N–H and O–H groups in total. The van der Waals surface area contributed by atoms with Crippen molar-refractivity contribution in [1.82, 2.24) is 60.6 Å². The number of nitrogens with zero attached hydrogens (tertiary/aromatic N) is 8. The first-order valence-corrected chi connectivity index (χ1v) is 44.1. The van der Waals surface area contributed by atoms with Gasteiger partial charge in [0.25, 0.3) is 47.3 Å². The molecule has 0 aromatic rings. The number of ether oxygens (including phenoxy) is 1. The Hall–Kier alpha value is -12.0. The van der Waals surface area contributed by atoms with Crippen molar-refractivity contribution >= 4 is 158 Å². The number of carbonyl (C=O) groups excluding carboxylic acids is 18. The number of imide groups is 4. The van der Waals surface area contributed by atoms with Crippen LogP contribution in [0.25, 0.3) is 0 Å². The van der Waals surface area contributed by atoms with Gasteiger partial charge in [0.1, 0.15) is 44.1 Å². The number of nitrogens with one attached hydrogen (secondary N) is 4. The van der Waals surface area contributed by atoms with Crippen LogP contribution >= 0.6 is 0 Å². The van der Waals surface area contributed by atoms with Crippen LogP contribution in [-0.2, 0) is 130 Å². The third-order valence-corrected chi connectivity index (χ3v) is 20.0. The van der Waals surface area contributed by atoms with Crippen LogP contribution in [0.15, 0.2) is 36.5 Å². The fraction of sp³-hybridized carbons (Fsp3) is 0.627. The van der Waals surface area contributed by atoms with Crippen molar-refractivity contribution in [2.24, 2.45) is 29.2 Å². The normalized spacial score (nSPS) is 15.7. The number of unbranched alkanes of at least 4 members (excludes halogenated alkanes) is 3. The zero-order chi connectivity index (χ0) is 108. The Morgan fingerprint density at radius 1 is 0.444 bits per heavy atom. The summed E-state index contributed by atoms with van der Waals surface area (Å²) in [5, 5.41) is 74.6. The van der Waals surface area contributed by atoms with Crippen LogP contribution in [0.5, 0.6) is 0 Å². The molecular formula is C83H125F6N14NaO37S. The number of halogens is 6. The Morgan fingerprint density at radius 3 is 0.930 bits per heavy atom. The number of carbonyl (C=O) groups is 25. The number of hydrogen-bond donors (Lipinski definition) is 14. The second-order valence-corrected chi connectivity index (χ2v) is 33.3. The number of ketones is 6. The van der Waals surface area contributed by atoms with Gasteiger partial charge in [0, 0.05) is 185 Å². The van der Waals surface area contributed by atoms with Crippen LogP contribution < -0.4 is 62.3 Å². The van der Waals surface area contributed by atoms with E-state index in [9.17, 15) is 150 Å². The fourth-order valence-corrected chi connectivity index (χ4v) is 12.5. The number of carboxylic acid groups (broad SMARTS) is 7. The first-order chi connectivity index (χ1) is 64.7. The Bertz CT molecular complexity index is 4330. The summed E-state index contributed by atoms with van der Waals surface area (Å²) in [6.45, 7) is 13.4. The van der Waals surface area contributed by atoms with Crippen molar-refractivity contribution in [2.75, 3.05) is 137 Å². The molecule has 2 fully saturated rings. The second-order valence-electron chi connectivity index (χ2n) is 31.7. The number of alkyl carbamates (subject to hydrolysis) is 1. The smallest absolute Gasteiger partial charge is 0.747 e. The summed E-state index contributed by atoms with van der Waals surface area (Å²) < 4.78 is 99.3. The largest absolute Gasteiger partial charge is 1.00 e. The minimum absolute atomic E-state index is 0. The van der Waals surface area contributed by atoms with E-state index >= 15 is 0 Å². The number of hydroxylamine groups is 2. The predicted molar refractivity (Wildman–Crippen MR) is 471 cm³/mol. The first kappa shape index (κ1) is 138. The molecule has 0 spiro atoms. The molecule has 0 radical (unpaired) electrons. The number of Topliss-reactive ketones (excluding diaryl/α,β-unsaturated/α-hetero) is 6. The van der Waals surface area contributed by atoms with Crippen LogP contribution in [0.2, 0.25) is 0 Å². The van der Waals surface area contributed by atoms with Gasteiger partial charge in [0.2, 0.25) is 17.7 Å². The number of amides is 12. The van der Waals surface area contributed by atoms with E-state index in [0.29, 0.717) is 123 Å². The summed E-state index contributed by atoms with van der Waals surface area (Å²) in [5.41, 5.74) is 9.85. The number of carboxylic acids is 7. The van der Waals surface area contributed by atoms with Crippen molar-refractivity contribution in [3.05, 3.63) is 36.5 Å². The summed E-state index contributed by atoms with van der Waals surface area (Å²) in [5.74, 6) is -17.8. The van der Waals surface area contributed by atoms with Gasteiger partial charge in [0.05, 0.1) is 58.7 Å². The Balaban J connectivity index is -0.000000528. The molecule has 5 aliphatic rings. The summed E-state index contributed by atoms with van der Waals surface area (Å²) >= 11 is 0. The molecule has 0 aliphatic carbocycles. The van der Waals surface area contributed by atoms with Gasteiger partial charge < -0.3 is 77.8 Å². The molecule has 0 saturated carbocycles. The minimum atomic E-state index is -5.08. The van der Waals surface area contributed by atoms with E-state index in [-0.39, 0.29) is 240 Å². The summed E-state index contributed by atoms with van der Waals surface area (Å²) in [7, 11) is -4.84. The molecule has 0 aromatic heterocycles. The van der Waals surface area contributed by atoms with Crippen LogP contribution in [-0.4, -0.2) is 401 Å². The third kappa shape index (κ3) is 68.2. The van der Waals surface area contributed by atoms with E-state index in [2.05, 4.69) is 21.3 Å². The quantitative estimate of drug-likeness (QED) is 0.00680. The fourth-order valence-electron chi connectivity index (χ4n) is 11.8. The molecule has 5 rings (SSSR count). The van der Waals surface area contributed by atoms with Gasteiger partial charge >= 0.3 is 89.8 Å².